The summed E-state index contributed by atoms with van der Waals surface area (Å²) in [6.07, 6.45) is 0. The van der Waals surface area contributed by atoms with Crippen LogP contribution in [0.5, 0.6) is 5.75 Å². The zero-order valence-corrected chi connectivity index (χ0v) is 7.28. The molecule has 0 N–H and O–H groups in total. The first-order chi connectivity index (χ1) is 5.70. The lowest BCUT2D eigenvalue weighted by atomic mass is 10.2. The molecule has 0 aliphatic carbocycles. The van der Waals surface area contributed by atoms with Gasteiger partial charge in [-0.15, -0.1) is 0 Å². The van der Waals surface area contributed by atoms with Gasteiger partial charge in [-0.05, 0) is 12.1 Å². The van der Waals surface area contributed by atoms with Crippen molar-refractivity contribution < 1.29 is 9.53 Å². The third-order valence-electron chi connectivity index (χ3n) is 1.43. The smallest absolute Gasteiger partial charge is 0.313 e. The van der Waals surface area contributed by atoms with E-state index in [0.29, 0.717) is 5.75 Å². The SMILES string of the molecule is C.CC(C)C(=O)Oc1ccccc1. The molecule has 2 heteroatoms. The fraction of sp³-hybridized carbons (Fsp3) is 0.364. The van der Waals surface area contributed by atoms with Crippen LogP contribution in [-0.4, -0.2) is 5.97 Å². The van der Waals surface area contributed by atoms with Gasteiger partial charge in [0.15, 0.2) is 0 Å². The van der Waals surface area contributed by atoms with E-state index < -0.39 is 0 Å². The summed E-state index contributed by atoms with van der Waals surface area (Å²) in [5, 5.41) is 0. The summed E-state index contributed by atoms with van der Waals surface area (Å²) in [5.41, 5.74) is 0. The fourth-order valence-corrected chi connectivity index (χ4v) is 0.723. The van der Waals surface area contributed by atoms with E-state index >= 15 is 0 Å². The monoisotopic (exact) mass is 180 g/mol. The molecule has 0 spiro atoms. The van der Waals surface area contributed by atoms with Gasteiger partial charge in [0.1, 0.15) is 5.75 Å². The Morgan fingerprint density at radius 2 is 1.77 bits per heavy atom. The number of rotatable bonds is 2. The molecular weight excluding hydrogens is 164 g/mol. The number of ether oxygens (including phenoxy) is 1. The maximum Gasteiger partial charge on any atom is 0.313 e. The van der Waals surface area contributed by atoms with E-state index in [1.807, 2.05) is 32.0 Å². The normalized spacial score (nSPS) is 9.15. The molecule has 72 valence electrons. The first-order valence-corrected chi connectivity index (χ1v) is 3.97. The molecule has 1 aromatic rings. The third-order valence-corrected chi connectivity index (χ3v) is 1.43. The predicted octanol–water partition coefficient (Wildman–Crippen LogP) is 2.88. The van der Waals surface area contributed by atoms with E-state index in [1.54, 1.807) is 12.1 Å². The molecule has 0 radical (unpaired) electrons. The Hall–Kier alpha value is -1.31. The minimum atomic E-state index is -0.193. The van der Waals surface area contributed by atoms with E-state index in [9.17, 15) is 4.79 Å². The van der Waals surface area contributed by atoms with Crippen molar-refractivity contribution in [3.8, 4) is 5.75 Å². The Balaban J connectivity index is 0.00000144. The standard InChI is InChI=1S/C10H12O2.CH4/c1-8(2)10(11)12-9-6-4-3-5-7-9;/h3-8H,1-2H3;1H4. The minimum absolute atomic E-state index is 0. The largest absolute Gasteiger partial charge is 0.426 e. The van der Waals surface area contributed by atoms with Crippen molar-refractivity contribution in [2.24, 2.45) is 5.92 Å². The molecule has 0 heterocycles. The van der Waals surface area contributed by atoms with Crippen LogP contribution in [0.15, 0.2) is 30.3 Å². The predicted molar refractivity (Wildman–Crippen MR) is 53.6 cm³/mol. The fourth-order valence-electron chi connectivity index (χ4n) is 0.723. The second-order valence-corrected chi connectivity index (χ2v) is 2.89. The molecule has 0 saturated heterocycles. The lowest BCUT2D eigenvalue weighted by molar-refractivity contribution is -0.137. The summed E-state index contributed by atoms with van der Waals surface area (Å²) in [4.78, 5) is 11.1. The van der Waals surface area contributed by atoms with Crippen molar-refractivity contribution in [1.29, 1.82) is 0 Å². The first-order valence-electron chi connectivity index (χ1n) is 3.97. The highest BCUT2D eigenvalue weighted by Crippen LogP contribution is 2.10. The quantitative estimate of drug-likeness (QED) is 0.516. The lowest BCUT2D eigenvalue weighted by Crippen LogP contribution is -2.14. The van der Waals surface area contributed by atoms with Gasteiger partial charge in [0.2, 0.25) is 0 Å². The summed E-state index contributed by atoms with van der Waals surface area (Å²) in [5.74, 6) is 0.336. The Bertz CT molecular complexity index is 252. The zero-order chi connectivity index (χ0) is 8.97. The number of carbonyl (C=O) groups is 1. The number of benzene rings is 1. The number of hydrogen-bond acceptors (Lipinski definition) is 2. The minimum Gasteiger partial charge on any atom is -0.426 e. The molecule has 1 aromatic carbocycles. The average molecular weight is 180 g/mol. The molecule has 1 rings (SSSR count). The van der Waals surface area contributed by atoms with Crippen LogP contribution in [0, 0.1) is 5.92 Å². The van der Waals surface area contributed by atoms with E-state index in [2.05, 4.69) is 0 Å². The summed E-state index contributed by atoms with van der Waals surface area (Å²) < 4.78 is 5.04. The highest BCUT2D eigenvalue weighted by Gasteiger charge is 2.08. The van der Waals surface area contributed by atoms with E-state index in [0.717, 1.165) is 0 Å². The van der Waals surface area contributed by atoms with Crippen LogP contribution in [0.3, 0.4) is 0 Å². The van der Waals surface area contributed by atoms with Crippen LogP contribution in [0.2, 0.25) is 0 Å². The molecule has 0 atom stereocenters. The van der Waals surface area contributed by atoms with Crippen molar-refractivity contribution in [2.45, 2.75) is 21.3 Å². The van der Waals surface area contributed by atoms with Crippen LogP contribution in [-0.2, 0) is 4.79 Å². The second kappa shape index (κ2) is 5.36. The van der Waals surface area contributed by atoms with E-state index in [4.69, 9.17) is 4.74 Å². The Morgan fingerprint density at radius 3 is 2.23 bits per heavy atom. The van der Waals surface area contributed by atoms with E-state index in [-0.39, 0.29) is 19.3 Å². The van der Waals surface area contributed by atoms with Crippen LogP contribution in [0.4, 0.5) is 0 Å². The molecule has 0 aromatic heterocycles. The average Bonchev–Trinajstić information content (AvgIpc) is 2.06. The highest BCUT2D eigenvalue weighted by molar-refractivity contribution is 5.74. The zero-order valence-electron chi connectivity index (χ0n) is 7.28. The maximum absolute atomic E-state index is 11.1. The Morgan fingerprint density at radius 1 is 1.23 bits per heavy atom. The van der Waals surface area contributed by atoms with E-state index in [1.165, 1.54) is 0 Å². The van der Waals surface area contributed by atoms with Crippen LogP contribution in [0.1, 0.15) is 21.3 Å². The van der Waals surface area contributed by atoms with Crippen LogP contribution >= 0.6 is 0 Å². The van der Waals surface area contributed by atoms with Gasteiger partial charge in [0.05, 0.1) is 5.92 Å². The van der Waals surface area contributed by atoms with Gasteiger partial charge >= 0.3 is 5.97 Å². The van der Waals surface area contributed by atoms with Crippen LogP contribution < -0.4 is 4.74 Å². The van der Waals surface area contributed by atoms with Gasteiger partial charge < -0.3 is 4.74 Å². The van der Waals surface area contributed by atoms with Crippen molar-refractivity contribution >= 4 is 5.97 Å². The molecular formula is C11H16O2. The van der Waals surface area contributed by atoms with Gasteiger partial charge in [-0.25, -0.2) is 0 Å². The molecule has 13 heavy (non-hydrogen) atoms. The van der Waals surface area contributed by atoms with Crippen molar-refractivity contribution in [2.75, 3.05) is 0 Å². The molecule has 0 unspecified atom stereocenters. The number of esters is 1. The van der Waals surface area contributed by atoms with Crippen LogP contribution in [0.25, 0.3) is 0 Å². The molecule has 0 amide bonds. The third kappa shape index (κ3) is 3.74. The molecule has 0 saturated carbocycles. The summed E-state index contributed by atoms with van der Waals surface area (Å²) in [6, 6.07) is 9.08. The number of carbonyl (C=O) groups excluding carboxylic acids is 1. The van der Waals surface area contributed by atoms with Gasteiger partial charge in [-0.2, -0.15) is 0 Å². The highest BCUT2D eigenvalue weighted by atomic mass is 16.5. The second-order valence-electron chi connectivity index (χ2n) is 2.89. The summed E-state index contributed by atoms with van der Waals surface area (Å²) >= 11 is 0. The Labute approximate surface area is 79.5 Å². The Kier molecular flexibility index (Phi) is 4.82. The lowest BCUT2D eigenvalue weighted by Gasteiger charge is -2.05. The first kappa shape index (κ1) is 11.7. The van der Waals surface area contributed by atoms with Gasteiger partial charge in [-0.3, -0.25) is 4.79 Å². The van der Waals surface area contributed by atoms with Crippen molar-refractivity contribution in [3.05, 3.63) is 30.3 Å². The topological polar surface area (TPSA) is 26.3 Å². The van der Waals surface area contributed by atoms with Crippen molar-refractivity contribution in [1.82, 2.24) is 0 Å². The number of para-hydroxylation sites is 1. The molecule has 0 aliphatic rings. The maximum atomic E-state index is 11.1. The van der Waals surface area contributed by atoms with Gasteiger partial charge in [0, 0.05) is 0 Å². The molecule has 0 bridgehead atoms. The van der Waals surface area contributed by atoms with Gasteiger partial charge in [-0.1, -0.05) is 39.5 Å². The molecule has 2 nitrogen and oxygen atoms in total. The summed E-state index contributed by atoms with van der Waals surface area (Å²) in [6.45, 7) is 3.62. The molecule has 0 fully saturated rings. The van der Waals surface area contributed by atoms with Gasteiger partial charge in [0.25, 0.3) is 0 Å². The molecule has 0 aliphatic heterocycles. The van der Waals surface area contributed by atoms with Crippen molar-refractivity contribution in [3.63, 3.8) is 0 Å². The summed E-state index contributed by atoms with van der Waals surface area (Å²) in [7, 11) is 0. The number of hydrogen-bond donors (Lipinski definition) is 0.